The Balaban J connectivity index is 1.87. The van der Waals surface area contributed by atoms with Crippen LogP contribution in [-0.2, 0) is 6.54 Å². The normalized spacial score (nSPS) is 15.6. The Kier molecular flexibility index (Phi) is 3.05. The van der Waals surface area contributed by atoms with Crippen LogP contribution in [0.15, 0.2) is 27.8 Å². The van der Waals surface area contributed by atoms with E-state index in [1.807, 2.05) is 12.1 Å². The molecule has 0 aromatic carbocycles. The second-order valence-corrected chi connectivity index (χ2v) is 5.91. The fourth-order valence-corrected chi connectivity index (χ4v) is 2.78. The van der Waals surface area contributed by atoms with Gasteiger partial charge >= 0.3 is 0 Å². The van der Waals surface area contributed by atoms with E-state index in [0.29, 0.717) is 16.5 Å². The largest absolute Gasteiger partial charge is 0.493 e. The summed E-state index contributed by atoms with van der Waals surface area (Å²) >= 11 is 6.62. The standard InChI is InChI=1S/C12H12N2O2S2/c15-11-10(6-13-8-3-4-8)18-12(17)14(11)7-9-2-1-5-16-9/h1-2,5-6,8,15H,3-4,7H2. The molecule has 1 fully saturated rings. The van der Waals surface area contributed by atoms with Gasteiger partial charge in [0.15, 0.2) is 3.95 Å². The lowest BCUT2D eigenvalue weighted by Crippen LogP contribution is -1.97. The van der Waals surface area contributed by atoms with Crippen molar-refractivity contribution in [2.24, 2.45) is 4.99 Å². The van der Waals surface area contributed by atoms with Crippen molar-refractivity contribution in [2.75, 3.05) is 0 Å². The van der Waals surface area contributed by atoms with Crippen LogP contribution in [0, 0.1) is 3.95 Å². The van der Waals surface area contributed by atoms with E-state index >= 15 is 0 Å². The highest BCUT2D eigenvalue weighted by molar-refractivity contribution is 7.73. The van der Waals surface area contributed by atoms with Gasteiger partial charge in [-0.3, -0.25) is 9.56 Å². The van der Waals surface area contributed by atoms with E-state index in [2.05, 4.69) is 4.99 Å². The molecule has 0 aliphatic heterocycles. The molecule has 0 spiro atoms. The van der Waals surface area contributed by atoms with E-state index in [-0.39, 0.29) is 5.88 Å². The van der Waals surface area contributed by atoms with E-state index in [9.17, 15) is 5.11 Å². The van der Waals surface area contributed by atoms with Crippen molar-refractivity contribution in [1.82, 2.24) is 4.57 Å². The van der Waals surface area contributed by atoms with Crippen molar-refractivity contribution in [3.63, 3.8) is 0 Å². The first kappa shape index (κ1) is 11.7. The van der Waals surface area contributed by atoms with Gasteiger partial charge in [-0.05, 0) is 37.2 Å². The maximum Gasteiger partial charge on any atom is 0.212 e. The molecular weight excluding hydrogens is 268 g/mol. The minimum absolute atomic E-state index is 0.172. The van der Waals surface area contributed by atoms with E-state index in [1.54, 1.807) is 17.0 Å². The number of hydrogen-bond acceptors (Lipinski definition) is 5. The van der Waals surface area contributed by atoms with Crippen LogP contribution < -0.4 is 0 Å². The topological polar surface area (TPSA) is 50.7 Å². The number of nitrogens with zero attached hydrogens (tertiary/aromatic N) is 2. The first-order valence-electron chi connectivity index (χ1n) is 5.72. The maximum absolute atomic E-state index is 10.1. The predicted molar refractivity (Wildman–Crippen MR) is 73.2 cm³/mol. The lowest BCUT2D eigenvalue weighted by molar-refractivity contribution is 0.407. The van der Waals surface area contributed by atoms with Crippen molar-refractivity contribution >= 4 is 29.8 Å². The molecule has 0 unspecified atom stereocenters. The molecule has 94 valence electrons. The minimum Gasteiger partial charge on any atom is -0.493 e. The van der Waals surface area contributed by atoms with Crippen LogP contribution in [0.2, 0.25) is 0 Å². The highest BCUT2D eigenvalue weighted by Crippen LogP contribution is 2.28. The monoisotopic (exact) mass is 280 g/mol. The van der Waals surface area contributed by atoms with Crippen molar-refractivity contribution < 1.29 is 9.52 Å². The molecule has 3 rings (SSSR count). The Hall–Kier alpha value is -1.40. The molecule has 0 radical (unpaired) electrons. The number of aromatic nitrogens is 1. The first-order chi connectivity index (χ1) is 8.74. The van der Waals surface area contributed by atoms with Gasteiger partial charge in [-0.15, -0.1) is 0 Å². The molecule has 0 saturated heterocycles. The molecule has 2 aromatic heterocycles. The number of hydrogen-bond donors (Lipinski definition) is 1. The Morgan fingerprint density at radius 3 is 3.11 bits per heavy atom. The van der Waals surface area contributed by atoms with Crippen LogP contribution in [0.4, 0.5) is 0 Å². The summed E-state index contributed by atoms with van der Waals surface area (Å²) in [5, 5.41) is 10.1. The van der Waals surface area contributed by atoms with Gasteiger partial charge in [-0.25, -0.2) is 0 Å². The van der Waals surface area contributed by atoms with Crippen molar-refractivity contribution in [2.45, 2.75) is 25.4 Å². The predicted octanol–water partition coefficient (Wildman–Crippen LogP) is 3.21. The first-order valence-corrected chi connectivity index (χ1v) is 6.94. The molecule has 1 saturated carbocycles. The van der Waals surface area contributed by atoms with Gasteiger partial charge in [-0.2, -0.15) is 0 Å². The van der Waals surface area contributed by atoms with Crippen LogP contribution >= 0.6 is 23.6 Å². The van der Waals surface area contributed by atoms with Crippen molar-refractivity contribution in [1.29, 1.82) is 0 Å². The second-order valence-electron chi connectivity index (χ2n) is 4.23. The lowest BCUT2D eigenvalue weighted by atomic mass is 10.4. The van der Waals surface area contributed by atoms with Gasteiger partial charge in [-0.1, -0.05) is 11.3 Å². The molecule has 0 amide bonds. The van der Waals surface area contributed by atoms with Gasteiger partial charge in [0.1, 0.15) is 10.6 Å². The summed E-state index contributed by atoms with van der Waals surface area (Å²) in [6.07, 6.45) is 5.63. The Labute approximate surface area is 113 Å². The summed E-state index contributed by atoms with van der Waals surface area (Å²) in [7, 11) is 0. The van der Waals surface area contributed by atoms with Crippen LogP contribution in [0.25, 0.3) is 0 Å². The molecule has 1 aliphatic rings. The van der Waals surface area contributed by atoms with Crippen LogP contribution in [-0.4, -0.2) is 21.9 Å². The summed E-state index contributed by atoms with van der Waals surface area (Å²) < 4.78 is 7.54. The van der Waals surface area contributed by atoms with E-state index in [0.717, 1.165) is 23.5 Å². The molecule has 2 heterocycles. The summed E-state index contributed by atoms with van der Waals surface area (Å²) in [5.74, 6) is 0.940. The van der Waals surface area contributed by atoms with Gasteiger partial charge < -0.3 is 9.52 Å². The summed E-state index contributed by atoms with van der Waals surface area (Å²) in [6, 6.07) is 4.12. The van der Waals surface area contributed by atoms with Gasteiger partial charge in [0.05, 0.1) is 18.8 Å². The average Bonchev–Trinajstić information content (AvgIpc) is 2.97. The Morgan fingerprint density at radius 1 is 1.61 bits per heavy atom. The highest BCUT2D eigenvalue weighted by atomic mass is 32.1. The van der Waals surface area contributed by atoms with Gasteiger partial charge in [0, 0.05) is 6.21 Å². The molecule has 18 heavy (non-hydrogen) atoms. The zero-order valence-corrected chi connectivity index (χ0v) is 11.2. The zero-order valence-electron chi connectivity index (χ0n) is 9.57. The van der Waals surface area contributed by atoms with Gasteiger partial charge in [0.2, 0.25) is 5.88 Å². The average molecular weight is 280 g/mol. The molecule has 0 atom stereocenters. The summed E-state index contributed by atoms with van der Waals surface area (Å²) in [6.45, 7) is 0.450. The summed E-state index contributed by atoms with van der Waals surface area (Å²) in [5.41, 5.74) is 0. The fraction of sp³-hybridized carbons (Fsp3) is 0.333. The van der Waals surface area contributed by atoms with Crippen molar-refractivity contribution in [3.8, 4) is 5.88 Å². The van der Waals surface area contributed by atoms with Crippen LogP contribution in [0.3, 0.4) is 0 Å². The third-order valence-corrected chi connectivity index (χ3v) is 4.11. The van der Waals surface area contributed by atoms with Crippen molar-refractivity contribution in [3.05, 3.63) is 33.0 Å². The lowest BCUT2D eigenvalue weighted by Gasteiger charge is -2.01. The molecule has 6 heteroatoms. The summed E-state index contributed by atoms with van der Waals surface area (Å²) in [4.78, 5) is 5.08. The Morgan fingerprint density at radius 2 is 2.44 bits per heavy atom. The molecule has 0 bridgehead atoms. The molecule has 1 N–H and O–H groups in total. The third kappa shape index (κ3) is 2.39. The number of aliphatic imine (C=N–C) groups is 1. The number of furan rings is 1. The maximum atomic E-state index is 10.1. The third-order valence-electron chi connectivity index (χ3n) is 2.74. The van der Waals surface area contributed by atoms with Crippen LogP contribution in [0.1, 0.15) is 23.5 Å². The molecule has 1 aliphatic carbocycles. The minimum atomic E-state index is 0.172. The number of thiazole rings is 1. The zero-order chi connectivity index (χ0) is 12.5. The number of aromatic hydroxyl groups is 1. The Bertz CT molecular complexity index is 621. The van der Waals surface area contributed by atoms with Gasteiger partial charge in [0.25, 0.3) is 0 Å². The number of rotatable bonds is 4. The second kappa shape index (κ2) is 4.70. The quantitative estimate of drug-likeness (QED) is 0.691. The highest BCUT2D eigenvalue weighted by Gasteiger charge is 2.19. The molecule has 4 nitrogen and oxygen atoms in total. The smallest absolute Gasteiger partial charge is 0.212 e. The van der Waals surface area contributed by atoms with E-state index in [4.69, 9.17) is 16.6 Å². The molecule has 2 aromatic rings. The van der Waals surface area contributed by atoms with Crippen LogP contribution in [0.5, 0.6) is 5.88 Å². The fourth-order valence-electron chi connectivity index (χ4n) is 1.59. The van der Waals surface area contributed by atoms with E-state index in [1.165, 1.54) is 11.3 Å². The van der Waals surface area contributed by atoms with E-state index < -0.39 is 0 Å². The SMILES string of the molecule is Oc1c(C=NC2CC2)sc(=S)n1Cc1ccco1. The molecular formula is C12H12N2O2S2.